The summed E-state index contributed by atoms with van der Waals surface area (Å²) in [5.74, 6) is 6.55. The van der Waals surface area contributed by atoms with Crippen molar-refractivity contribution in [1.82, 2.24) is 20.4 Å². The van der Waals surface area contributed by atoms with Crippen molar-refractivity contribution >= 4 is 11.7 Å². The van der Waals surface area contributed by atoms with Gasteiger partial charge in [-0.25, -0.2) is 10.8 Å². The van der Waals surface area contributed by atoms with Crippen molar-refractivity contribution in [2.24, 2.45) is 5.84 Å². The molecule has 4 N–H and O–H groups in total. The second-order valence-electron chi connectivity index (χ2n) is 3.81. The smallest absolute Gasteiger partial charge is 0.252 e. The van der Waals surface area contributed by atoms with Gasteiger partial charge in [-0.1, -0.05) is 5.16 Å². The molecule has 0 aliphatic heterocycles. The van der Waals surface area contributed by atoms with E-state index in [0.717, 1.165) is 0 Å². The van der Waals surface area contributed by atoms with Crippen molar-refractivity contribution in [3.63, 3.8) is 0 Å². The topological polar surface area (TPSA) is 119 Å². The monoisotopic (exact) mass is 262 g/mol. The predicted molar refractivity (Wildman–Crippen MR) is 67.1 cm³/mol. The fraction of sp³-hybridized carbons (Fsp3) is 0.273. The Balaban J connectivity index is 1.83. The van der Waals surface area contributed by atoms with Crippen molar-refractivity contribution in [2.45, 2.75) is 13.3 Å². The predicted octanol–water partition coefficient (Wildman–Crippen LogP) is 0.0311. The normalized spacial score (nSPS) is 10.2. The molecular formula is C11H14N6O2. The molecule has 0 aliphatic rings. The number of hydrogen-bond acceptors (Lipinski definition) is 7. The summed E-state index contributed by atoms with van der Waals surface area (Å²) in [5, 5.41) is 6.48. The highest BCUT2D eigenvalue weighted by molar-refractivity contribution is 5.94. The van der Waals surface area contributed by atoms with Gasteiger partial charge in [0.05, 0.1) is 5.56 Å². The molecule has 0 aromatic carbocycles. The quantitative estimate of drug-likeness (QED) is 0.513. The van der Waals surface area contributed by atoms with E-state index in [1.54, 1.807) is 19.1 Å². The Morgan fingerprint density at radius 2 is 2.32 bits per heavy atom. The highest BCUT2D eigenvalue weighted by Crippen LogP contribution is 2.03. The number of pyridine rings is 1. The number of rotatable bonds is 5. The number of carbonyl (C=O) groups is 1. The van der Waals surface area contributed by atoms with Gasteiger partial charge in [0.25, 0.3) is 5.91 Å². The zero-order chi connectivity index (χ0) is 13.7. The zero-order valence-corrected chi connectivity index (χ0v) is 10.4. The lowest BCUT2D eigenvalue weighted by atomic mass is 10.2. The van der Waals surface area contributed by atoms with E-state index >= 15 is 0 Å². The van der Waals surface area contributed by atoms with Gasteiger partial charge in [0.1, 0.15) is 5.82 Å². The van der Waals surface area contributed by atoms with Gasteiger partial charge in [-0.15, -0.1) is 0 Å². The number of hydrazine groups is 1. The van der Waals surface area contributed by atoms with Crippen LogP contribution in [0.1, 0.15) is 22.1 Å². The fourth-order valence-electron chi connectivity index (χ4n) is 1.45. The molecular weight excluding hydrogens is 248 g/mol. The van der Waals surface area contributed by atoms with Crippen LogP contribution >= 0.6 is 0 Å². The number of carbonyl (C=O) groups excluding carboxylic acids is 1. The van der Waals surface area contributed by atoms with Gasteiger partial charge < -0.3 is 15.3 Å². The molecule has 2 aromatic rings. The molecule has 1 amide bonds. The third kappa shape index (κ3) is 3.49. The second kappa shape index (κ2) is 5.91. The first kappa shape index (κ1) is 13.0. The van der Waals surface area contributed by atoms with Crippen LogP contribution in [-0.4, -0.2) is 27.6 Å². The number of aryl methyl sites for hydroxylation is 1. The number of nitrogens with two attached hydrogens (primary N) is 1. The van der Waals surface area contributed by atoms with Crippen molar-refractivity contribution in [3.8, 4) is 0 Å². The molecule has 0 atom stereocenters. The Morgan fingerprint density at radius 1 is 1.47 bits per heavy atom. The molecule has 0 unspecified atom stereocenters. The lowest BCUT2D eigenvalue weighted by molar-refractivity contribution is 0.0953. The van der Waals surface area contributed by atoms with Crippen molar-refractivity contribution in [3.05, 3.63) is 35.6 Å². The number of nitrogens with zero attached hydrogens (tertiary/aromatic N) is 3. The molecule has 0 saturated heterocycles. The van der Waals surface area contributed by atoms with Gasteiger partial charge in [-0.05, 0) is 12.1 Å². The Bertz CT molecular complexity index is 551. The van der Waals surface area contributed by atoms with Crippen LogP contribution in [0.5, 0.6) is 0 Å². The number of nitrogen functional groups attached to an aromatic ring is 1. The molecule has 0 saturated carbocycles. The summed E-state index contributed by atoms with van der Waals surface area (Å²) < 4.78 is 4.83. The molecule has 2 rings (SSSR count). The second-order valence-corrected chi connectivity index (χ2v) is 3.81. The van der Waals surface area contributed by atoms with E-state index in [1.807, 2.05) is 0 Å². The molecule has 8 heteroatoms. The maximum Gasteiger partial charge on any atom is 0.252 e. The molecule has 0 bridgehead atoms. The zero-order valence-electron chi connectivity index (χ0n) is 10.4. The van der Waals surface area contributed by atoms with Gasteiger partial charge in [-0.2, -0.15) is 4.98 Å². The van der Waals surface area contributed by atoms with E-state index in [2.05, 4.69) is 25.9 Å². The van der Waals surface area contributed by atoms with Crippen LogP contribution < -0.4 is 16.6 Å². The number of nitrogens with one attached hydrogen (secondary N) is 2. The van der Waals surface area contributed by atoms with Gasteiger partial charge in [0, 0.05) is 26.1 Å². The Morgan fingerprint density at radius 3 is 2.89 bits per heavy atom. The van der Waals surface area contributed by atoms with E-state index in [9.17, 15) is 4.79 Å². The molecule has 0 fully saturated rings. The van der Waals surface area contributed by atoms with Crippen LogP contribution in [-0.2, 0) is 6.42 Å². The summed E-state index contributed by atoms with van der Waals surface area (Å²) in [4.78, 5) is 19.8. The summed E-state index contributed by atoms with van der Waals surface area (Å²) in [6, 6.07) is 3.26. The molecule has 8 nitrogen and oxygen atoms in total. The first-order chi connectivity index (χ1) is 9.19. The molecule has 100 valence electrons. The van der Waals surface area contributed by atoms with Gasteiger partial charge >= 0.3 is 0 Å². The van der Waals surface area contributed by atoms with Gasteiger partial charge in [-0.3, -0.25) is 4.79 Å². The van der Waals surface area contributed by atoms with E-state index < -0.39 is 0 Å². The van der Waals surface area contributed by atoms with E-state index in [4.69, 9.17) is 10.4 Å². The van der Waals surface area contributed by atoms with Crippen LogP contribution in [0.25, 0.3) is 0 Å². The van der Waals surface area contributed by atoms with E-state index in [-0.39, 0.29) is 5.91 Å². The maximum atomic E-state index is 11.8. The average molecular weight is 262 g/mol. The summed E-state index contributed by atoms with van der Waals surface area (Å²) in [6.07, 6.45) is 1.96. The lowest BCUT2D eigenvalue weighted by Crippen LogP contribution is -2.26. The van der Waals surface area contributed by atoms with Crippen molar-refractivity contribution < 1.29 is 9.32 Å². The van der Waals surface area contributed by atoms with Crippen molar-refractivity contribution in [2.75, 3.05) is 12.0 Å². The number of hydrogen-bond donors (Lipinski definition) is 3. The highest BCUT2D eigenvalue weighted by Gasteiger charge is 2.07. The Labute approximate surface area is 109 Å². The summed E-state index contributed by atoms with van der Waals surface area (Å²) in [7, 11) is 0. The van der Waals surface area contributed by atoms with Crippen LogP contribution in [0.15, 0.2) is 22.9 Å². The standard InChI is InChI=1S/C11H14N6O2/c1-7-15-10(17-19-7)4-5-13-11(18)8-2-3-9(16-12)14-6-8/h2-3,6H,4-5,12H2,1H3,(H,13,18)(H,14,16). The fourth-order valence-corrected chi connectivity index (χ4v) is 1.45. The maximum absolute atomic E-state index is 11.8. The lowest BCUT2D eigenvalue weighted by Gasteiger charge is -2.04. The van der Waals surface area contributed by atoms with E-state index in [1.165, 1.54) is 6.20 Å². The number of aromatic nitrogens is 3. The SMILES string of the molecule is Cc1nc(CCNC(=O)c2ccc(NN)nc2)no1. The third-order valence-corrected chi connectivity index (χ3v) is 2.38. The molecule has 0 radical (unpaired) electrons. The van der Waals surface area contributed by atoms with Crippen LogP contribution in [0.2, 0.25) is 0 Å². The molecule has 2 heterocycles. The molecule has 19 heavy (non-hydrogen) atoms. The first-order valence-corrected chi connectivity index (χ1v) is 5.69. The third-order valence-electron chi connectivity index (χ3n) is 2.38. The van der Waals surface area contributed by atoms with Crippen LogP contribution in [0, 0.1) is 6.92 Å². The molecule has 2 aromatic heterocycles. The summed E-state index contributed by atoms with van der Waals surface area (Å²) >= 11 is 0. The number of amides is 1. The van der Waals surface area contributed by atoms with Gasteiger partial charge in [0.15, 0.2) is 5.82 Å². The Hall–Kier alpha value is -2.48. The summed E-state index contributed by atoms with van der Waals surface area (Å²) in [6.45, 7) is 2.14. The minimum absolute atomic E-state index is 0.212. The minimum atomic E-state index is -0.212. The van der Waals surface area contributed by atoms with Crippen molar-refractivity contribution in [1.29, 1.82) is 0 Å². The first-order valence-electron chi connectivity index (χ1n) is 5.69. The van der Waals surface area contributed by atoms with Crippen LogP contribution in [0.4, 0.5) is 5.82 Å². The van der Waals surface area contributed by atoms with Gasteiger partial charge in [0.2, 0.25) is 5.89 Å². The van der Waals surface area contributed by atoms with Crippen LogP contribution in [0.3, 0.4) is 0 Å². The highest BCUT2D eigenvalue weighted by atomic mass is 16.5. The summed E-state index contributed by atoms with van der Waals surface area (Å²) in [5.41, 5.74) is 2.85. The molecule has 0 aliphatic carbocycles. The molecule has 0 spiro atoms. The Kier molecular flexibility index (Phi) is 4.04. The minimum Gasteiger partial charge on any atom is -0.352 e. The average Bonchev–Trinajstić information content (AvgIpc) is 2.84. The van der Waals surface area contributed by atoms with E-state index in [0.29, 0.717) is 36.1 Å². The largest absolute Gasteiger partial charge is 0.352 e. The number of anilines is 1.